The normalized spacial score (nSPS) is 15.5. The van der Waals surface area contributed by atoms with Crippen LogP contribution in [0.2, 0.25) is 0 Å². The summed E-state index contributed by atoms with van der Waals surface area (Å²) in [5.41, 5.74) is 15.4. The van der Waals surface area contributed by atoms with Gasteiger partial charge in [0.1, 0.15) is 0 Å². The fourth-order valence-electron chi connectivity index (χ4n) is 5.07. The van der Waals surface area contributed by atoms with Gasteiger partial charge < -0.3 is 0 Å². The predicted octanol–water partition coefficient (Wildman–Crippen LogP) is 10.0. The van der Waals surface area contributed by atoms with Crippen LogP contribution in [0.3, 0.4) is 0 Å². The van der Waals surface area contributed by atoms with Crippen LogP contribution < -0.4 is 0 Å². The van der Waals surface area contributed by atoms with Crippen LogP contribution in [-0.2, 0) is 0 Å². The van der Waals surface area contributed by atoms with E-state index in [0.717, 1.165) is 17.0 Å². The molecule has 0 unspecified atom stereocenters. The summed E-state index contributed by atoms with van der Waals surface area (Å²) in [6.07, 6.45) is 4.43. The lowest BCUT2D eigenvalue weighted by molar-refractivity contribution is 1.26. The van der Waals surface area contributed by atoms with E-state index in [-0.39, 0.29) is 0 Å². The molecule has 39 heavy (non-hydrogen) atoms. The third kappa shape index (κ3) is 5.40. The molecular formula is C38H35N. The molecule has 192 valence electrons. The van der Waals surface area contributed by atoms with Gasteiger partial charge in [-0.3, -0.25) is 0 Å². The van der Waals surface area contributed by atoms with Gasteiger partial charge in [0.05, 0.1) is 11.4 Å². The fraction of sp³-hybridized carbons (Fsp3) is 0.132. The molecule has 0 amide bonds. The van der Waals surface area contributed by atoms with Crippen LogP contribution in [0.1, 0.15) is 54.2 Å². The standard InChI is InChI=1S/C38H35N/c1-26-16-15-23-34(29(26)4)36-35(32-19-11-7-12-20-32)37(39-38(36)33-21-13-8-14-22-33)30(5)27(2)24-25-28(3)31-17-9-6-10-18-31/h6-25H,1-5H3/b27-24+,28-25+,37-30-. The summed E-state index contributed by atoms with van der Waals surface area (Å²) in [6, 6.07) is 38.4. The van der Waals surface area contributed by atoms with Crippen molar-refractivity contribution in [3.63, 3.8) is 0 Å². The van der Waals surface area contributed by atoms with E-state index in [4.69, 9.17) is 4.99 Å². The zero-order valence-electron chi connectivity index (χ0n) is 23.5. The number of nitrogens with zero attached hydrogens (tertiary/aromatic N) is 1. The van der Waals surface area contributed by atoms with Crippen LogP contribution in [0, 0.1) is 13.8 Å². The lowest BCUT2D eigenvalue weighted by Crippen LogP contribution is -2.05. The third-order valence-corrected chi connectivity index (χ3v) is 7.69. The molecule has 1 nitrogen and oxygen atoms in total. The average Bonchev–Trinajstić information content (AvgIpc) is 3.38. The van der Waals surface area contributed by atoms with Gasteiger partial charge in [0.25, 0.3) is 0 Å². The van der Waals surface area contributed by atoms with Gasteiger partial charge in [0.2, 0.25) is 0 Å². The summed E-state index contributed by atoms with van der Waals surface area (Å²) >= 11 is 0. The van der Waals surface area contributed by atoms with Crippen molar-refractivity contribution < 1.29 is 0 Å². The summed E-state index contributed by atoms with van der Waals surface area (Å²) in [4.78, 5) is 5.41. The minimum absolute atomic E-state index is 1.03. The Kier molecular flexibility index (Phi) is 7.70. The number of rotatable bonds is 6. The van der Waals surface area contributed by atoms with Crippen molar-refractivity contribution in [2.24, 2.45) is 4.99 Å². The Morgan fingerprint density at radius 3 is 1.82 bits per heavy atom. The number of aryl methyl sites for hydroxylation is 1. The SMILES string of the molecule is CC(=C1/N=C(c2ccccc2)C(c2cccc(C)c2C)=C1c1ccccc1)/C(C)=C/C=C(\C)c1ccccc1. The molecule has 0 atom stereocenters. The molecule has 0 radical (unpaired) electrons. The van der Waals surface area contributed by atoms with Gasteiger partial charge in [-0.25, -0.2) is 4.99 Å². The first-order valence-electron chi connectivity index (χ1n) is 13.6. The van der Waals surface area contributed by atoms with Crippen molar-refractivity contribution in [1.82, 2.24) is 0 Å². The van der Waals surface area contributed by atoms with Crippen LogP contribution in [-0.4, -0.2) is 5.71 Å². The number of hydrogen-bond acceptors (Lipinski definition) is 1. The van der Waals surface area contributed by atoms with Crippen molar-refractivity contribution in [3.8, 4) is 0 Å². The van der Waals surface area contributed by atoms with Crippen molar-refractivity contribution in [2.75, 3.05) is 0 Å². The average molecular weight is 506 g/mol. The maximum Gasteiger partial charge on any atom is 0.0795 e. The summed E-state index contributed by atoms with van der Waals surface area (Å²) in [5, 5.41) is 0. The van der Waals surface area contributed by atoms with E-state index in [1.165, 1.54) is 55.7 Å². The van der Waals surface area contributed by atoms with Gasteiger partial charge in [0.15, 0.2) is 0 Å². The molecule has 1 heterocycles. The van der Waals surface area contributed by atoms with Crippen molar-refractivity contribution >= 4 is 22.4 Å². The molecule has 4 aromatic rings. The second-order valence-corrected chi connectivity index (χ2v) is 10.2. The Balaban J connectivity index is 1.76. The minimum atomic E-state index is 1.03. The Labute approximate surface area is 233 Å². The molecule has 1 aliphatic heterocycles. The summed E-state index contributed by atoms with van der Waals surface area (Å²) < 4.78 is 0. The van der Waals surface area contributed by atoms with Crippen molar-refractivity contribution in [2.45, 2.75) is 34.6 Å². The lowest BCUT2D eigenvalue weighted by Gasteiger charge is -2.16. The van der Waals surface area contributed by atoms with E-state index < -0.39 is 0 Å². The molecule has 0 fully saturated rings. The highest BCUT2D eigenvalue weighted by Gasteiger charge is 2.29. The number of allylic oxidation sites excluding steroid dienone is 7. The van der Waals surface area contributed by atoms with Crippen molar-refractivity contribution in [1.29, 1.82) is 0 Å². The van der Waals surface area contributed by atoms with E-state index in [1.54, 1.807) is 0 Å². The van der Waals surface area contributed by atoms with Gasteiger partial charge in [-0.2, -0.15) is 0 Å². The van der Waals surface area contributed by atoms with Gasteiger partial charge in [-0.15, -0.1) is 0 Å². The highest BCUT2D eigenvalue weighted by Crippen LogP contribution is 2.44. The smallest absolute Gasteiger partial charge is 0.0795 e. The molecule has 0 saturated carbocycles. The molecule has 0 aliphatic carbocycles. The lowest BCUT2D eigenvalue weighted by atomic mass is 9.85. The molecule has 5 rings (SSSR count). The van der Waals surface area contributed by atoms with Crippen LogP contribution in [0.25, 0.3) is 16.7 Å². The van der Waals surface area contributed by atoms with Gasteiger partial charge in [0, 0.05) is 16.7 Å². The number of benzene rings is 4. The zero-order valence-corrected chi connectivity index (χ0v) is 23.5. The van der Waals surface area contributed by atoms with Crippen LogP contribution in [0.5, 0.6) is 0 Å². The Hall–Kier alpha value is -4.49. The van der Waals surface area contributed by atoms with E-state index in [1.807, 2.05) is 0 Å². The maximum absolute atomic E-state index is 5.41. The van der Waals surface area contributed by atoms with Gasteiger partial charge in [-0.1, -0.05) is 121 Å². The van der Waals surface area contributed by atoms with E-state index >= 15 is 0 Å². The van der Waals surface area contributed by atoms with E-state index in [9.17, 15) is 0 Å². The summed E-state index contributed by atoms with van der Waals surface area (Å²) in [7, 11) is 0. The minimum Gasteiger partial charge on any atom is -0.247 e. The fourth-order valence-corrected chi connectivity index (χ4v) is 5.07. The molecule has 0 spiro atoms. The summed E-state index contributed by atoms with van der Waals surface area (Å²) in [6.45, 7) is 11.0. The summed E-state index contributed by atoms with van der Waals surface area (Å²) in [5.74, 6) is 0. The highest BCUT2D eigenvalue weighted by atomic mass is 14.8. The number of hydrogen-bond donors (Lipinski definition) is 0. The quantitative estimate of drug-likeness (QED) is 0.231. The van der Waals surface area contributed by atoms with Crippen LogP contribution >= 0.6 is 0 Å². The maximum atomic E-state index is 5.41. The molecule has 0 aromatic heterocycles. The first-order valence-corrected chi connectivity index (χ1v) is 13.6. The van der Waals surface area contributed by atoms with Gasteiger partial charge >= 0.3 is 0 Å². The van der Waals surface area contributed by atoms with Crippen molar-refractivity contribution in [3.05, 3.63) is 172 Å². The second kappa shape index (κ2) is 11.5. The van der Waals surface area contributed by atoms with E-state index in [0.29, 0.717) is 0 Å². The van der Waals surface area contributed by atoms with Crippen LogP contribution in [0.4, 0.5) is 0 Å². The largest absolute Gasteiger partial charge is 0.247 e. The predicted molar refractivity (Wildman–Crippen MR) is 169 cm³/mol. The first kappa shape index (κ1) is 26.1. The first-order chi connectivity index (χ1) is 19.0. The zero-order chi connectivity index (χ0) is 27.4. The Morgan fingerprint density at radius 1 is 0.590 bits per heavy atom. The topological polar surface area (TPSA) is 12.4 Å². The highest BCUT2D eigenvalue weighted by molar-refractivity contribution is 6.41. The number of aliphatic imine (C=N–C) groups is 1. The Morgan fingerprint density at radius 2 is 1.18 bits per heavy atom. The third-order valence-electron chi connectivity index (χ3n) is 7.69. The monoisotopic (exact) mass is 505 g/mol. The molecular weight excluding hydrogens is 470 g/mol. The molecule has 1 aliphatic rings. The molecule has 0 N–H and O–H groups in total. The Bertz CT molecular complexity index is 1640. The molecule has 4 aromatic carbocycles. The molecule has 1 heteroatoms. The molecule has 0 bridgehead atoms. The second-order valence-electron chi connectivity index (χ2n) is 10.2. The molecule has 0 saturated heterocycles. The van der Waals surface area contributed by atoms with E-state index in [2.05, 4.69) is 156 Å². The van der Waals surface area contributed by atoms with Crippen LogP contribution in [0.15, 0.2) is 143 Å². The van der Waals surface area contributed by atoms with Gasteiger partial charge in [-0.05, 0) is 79.2 Å².